The first kappa shape index (κ1) is 11.9. The van der Waals surface area contributed by atoms with Gasteiger partial charge in [0.05, 0.1) is 0 Å². The maximum atomic E-state index is 6.06. The van der Waals surface area contributed by atoms with Gasteiger partial charge in [0.25, 0.3) is 0 Å². The molecule has 0 bridgehead atoms. The van der Waals surface area contributed by atoms with E-state index < -0.39 is 0 Å². The van der Waals surface area contributed by atoms with Crippen molar-refractivity contribution in [2.24, 2.45) is 5.92 Å². The number of rotatable bonds is 4. The molecule has 1 aromatic rings. The molecule has 16 heavy (non-hydrogen) atoms. The molecule has 1 saturated carbocycles. The SMILES string of the molecule is CCNCC1CCCC1c1cccc(Cl)c1. The summed E-state index contributed by atoms with van der Waals surface area (Å²) < 4.78 is 0. The number of hydrogen-bond acceptors (Lipinski definition) is 1. The van der Waals surface area contributed by atoms with Gasteiger partial charge in [-0.25, -0.2) is 0 Å². The lowest BCUT2D eigenvalue weighted by Gasteiger charge is -2.20. The third-order valence-electron chi connectivity index (χ3n) is 3.59. The Bertz CT molecular complexity index is 337. The Morgan fingerprint density at radius 2 is 2.25 bits per heavy atom. The quantitative estimate of drug-likeness (QED) is 0.839. The van der Waals surface area contributed by atoms with Crippen molar-refractivity contribution < 1.29 is 0 Å². The van der Waals surface area contributed by atoms with Crippen molar-refractivity contribution in [1.82, 2.24) is 5.32 Å². The van der Waals surface area contributed by atoms with E-state index in [-0.39, 0.29) is 0 Å². The molecule has 0 aromatic heterocycles. The van der Waals surface area contributed by atoms with E-state index in [2.05, 4.69) is 30.4 Å². The number of benzene rings is 1. The molecule has 2 rings (SSSR count). The fraction of sp³-hybridized carbons (Fsp3) is 0.571. The number of hydrogen-bond donors (Lipinski definition) is 1. The zero-order chi connectivity index (χ0) is 11.4. The van der Waals surface area contributed by atoms with Gasteiger partial charge in [0.1, 0.15) is 0 Å². The largest absolute Gasteiger partial charge is 0.317 e. The molecule has 1 N–H and O–H groups in total. The van der Waals surface area contributed by atoms with Crippen LogP contribution in [0.1, 0.15) is 37.7 Å². The molecular weight excluding hydrogens is 218 g/mol. The van der Waals surface area contributed by atoms with Gasteiger partial charge in [0, 0.05) is 5.02 Å². The molecule has 88 valence electrons. The van der Waals surface area contributed by atoms with Crippen LogP contribution in [-0.4, -0.2) is 13.1 Å². The maximum absolute atomic E-state index is 6.06. The molecule has 1 aromatic carbocycles. The van der Waals surface area contributed by atoms with Gasteiger partial charge in [0.15, 0.2) is 0 Å². The molecule has 2 atom stereocenters. The summed E-state index contributed by atoms with van der Waals surface area (Å²) in [6, 6.07) is 8.39. The number of halogens is 1. The smallest absolute Gasteiger partial charge is 0.0408 e. The van der Waals surface area contributed by atoms with E-state index >= 15 is 0 Å². The van der Waals surface area contributed by atoms with Crippen LogP contribution in [0.4, 0.5) is 0 Å². The summed E-state index contributed by atoms with van der Waals surface area (Å²) in [5.74, 6) is 1.50. The molecule has 1 fully saturated rings. The van der Waals surface area contributed by atoms with E-state index in [0.717, 1.165) is 24.0 Å². The normalized spacial score (nSPS) is 24.9. The predicted octanol–water partition coefficient (Wildman–Crippen LogP) is 3.83. The Hall–Kier alpha value is -0.530. The van der Waals surface area contributed by atoms with Crippen LogP contribution >= 0.6 is 11.6 Å². The fourth-order valence-corrected chi connectivity index (χ4v) is 2.99. The van der Waals surface area contributed by atoms with E-state index in [4.69, 9.17) is 11.6 Å². The van der Waals surface area contributed by atoms with E-state index in [1.165, 1.54) is 24.8 Å². The monoisotopic (exact) mass is 237 g/mol. The first-order chi connectivity index (χ1) is 7.81. The molecule has 0 heterocycles. The van der Waals surface area contributed by atoms with Crippen molar-refractivity contribution in [3.8, 4) is 0 Å². The summed E-state index contributed by atoms with van der Waals surface area (Å²) in [6.45, 7) is 4.38. The Morgan fingerprint density at radius 3 is 3.00 bits per heavy atom. The second-order valence-corrected chi connectivity index (χ2v) is 5.10. The lowest BCUT2D eigenvalue weighted by atomic mass is 9.89. The fourth-order valence-electron chi connectivity index (χ4n) is 2.79. The topological polar surface area (TPSA) is 12.0 Å². The van der Waals surface area contributed by atoms with Gasteiger partial charge in [-0.1, -0.05) is 37.1 Å². The molecule has 1 aliphatic carbocycles. The minimum Gasteiger partial charge on any atom is -0.317 e. The van der Waals surface area contributed by atoms with Crippen LogP contribution in [0.3, 0.4) is 0 Å². The van der Waals surface area contributed by atoms with Crippen molar-refractivity contribution in [3.63, 3.8) is 0 Å². The van der Waals surface area contributed by atoms with Gasteiger partial charge in [0.2, 0.25) is 0 Å². The summed E-state index contributed by atoms with van der Waals surface area (Å²) in [5.41, 5.74) is 1.42. The maximum Gasteiger partial charge on any atom is 0.0408 e. The van der Waals surface area contributed by atoms with Crippen molar-refractivity contribution >= 4 is 11.6 Å². The molecule has 0 aliphatic heterocycles. The minimum absolute atomic E-state index is 0.706. The Kier molecular flexibility index (Phi) is 4.25. The zero-order valence-corrected chi connectivity index (χ0v) is 10.6. The van der Waals surface area contributed by atoms with Gasteiger partial charge in [-0.15, -0.1) is 0 Å². The molecule has 1 aliphatic rings. The highest BCUT2D eigenvalue weighted by Gasteiger charge is 2.27. The van der Waals surface area contributed by atoms with Gasteiger partial charge in [-0.2, -0.15) is 0 Å². The van der Waals surface area contributed by atoms with Gasteiger partial charge in [-0.05, 0) is 55.5 Å². The van der Waals surface area contributed by atoms with Crippen LogP contribution < -0.4 is 5.32 Å². The number of nitrogens with one attached hydrogen (secondary N) is 1. The van der Waals surface area contributed by atoms with Crippen LogP contribution in [0.5, 0.6) is 0 Å². The highest BCUT2D eigenvalue weighted by atomic mass is 35.5. The summed E-state index contributed by atoms with van der Waals surface area (Å²) >= 11 is 6.06. The van der Waals surface area contributed by atoms with Gasteiger partial charge < -0.3 is 5.32 Å². The minimum atomic E-state index is 0.706. The Morgan fingerprint density at radius 1 is 1.38 bits per heavy atom. The molecule has 0 spiro atoms. The lowest BCUT2D eigenvalue weighted by molar-refractivity contribution is 0.450. The van der Waals surface area contributed by atoms with E-state index in [9.17, 15) is 0 Å². The average Bonchev–Trinajstić information content (AvgIpc) is 2.74. The molecule has 2 heteroatoms. The third-order valence-corrected chi connectivity index (χ3v) is 3.83. The lowest BCUT2D eigenvalue weighted by Crippen LogP contribution is -2.24. The molecule has 0 amide bonds. The molecular formula is C14H20ClN. The second kappa shape index (κ2) is 5.70. The first-order valence-corrected chi connectivity index (χ1v) is 6.65. The van der Waals surface area contributed by atoms with Crippen molar-refractivity contribution in [2.75, 3.05) is 13.1 Å². The average molecular weight is 238 g/mol. The van der Waals surface area contributed by atoms with Crippen LogP contribution in [0.15, 0.2) is 24.3 Å². The van der Waals surface area contributed by atoms with Crippen molar-refractivity contribution in [1.29, 1.82) is 0 Å². The third kappa shape index (κ3) is 2.78. The van der Waals surface area contributed by atoms with Crippen LogP contribution in [0.25, 0.3) is 0 Å². The highest BCUT2D eigenvalue weighted by molar-refractivity contribution is 6.30. The van der Waals surface area contributed by atoms with Crippen LogP contribution in [0, 0.1) is 5.92 Å². The summed E-state index contributed by atoms with van der Waals surface area (Å²) in [7, 11) is 0. The first-order valence-electron chi connectivity index (χ1n) is 6.27. The van der Waals surface area contributed by atoms with Crippen molar-refractivity contribution in [2.45, 2.75) is 32.1 Å². The standard InChI is InChI=1S/C14H20ClN/c1-2-16-10-12-6-4-8-14(12)11-5-3-7-13(15)9-11/h3,5,7,9,12,14,16H,2,4,6,8,10H2,1H3. The van der Waals surface area contributed by atoms with Crippen molar-refractivity contribution in [3.05, 3.63) is 34.9 Å². The van der Waals surface area contributed by atoms with Gasteiger partial charge in [-0.3, -0.25) is 0 Å². The van der Waals surface area contributed by atoms with Gasteiger partial charge >= 0.3 is 0 Å². The summed E-state index contributed by atoms with van der Waals surface area (Å²) in [4.78, 5) is 0. The Labute approximate surface area is 103 Å². The van der Waals surface area contributed by atoms with E-state index in [0.29, 0.717) is 5.92 Å². The second-order valence-electron chi connectivity index (χ2n) is 4.66. The summed E-state index contributed by atoms with van der Waals surface area (Å²) in [5, 5.41) is 4.34. The highest BCUT2D eigenvalue weighted by Crippen LogP contribution is 2.39. The molecule has 1 nitrogen and oxygen atoms in total. The predicted molar refractivity (Wildman–Crippen MR) is 70.1 cm³/mol. The van der Waals surface area contributed by atoms with Crippen LogP contribution in [-0.2, 0) is 0 Å². The molecule has 0 saturated heterocycles. The zero-order valence-electron chi connectivity index (χ0n) is 9.88. The van der Waals surface area contributed by atoms with Crippen LogP contribution in [0.2, 0.25) is 5.02 Å². The van der Waals surface area contributed by atoms with E-state index in [1.54, 1.807) is 0 Å². The van der Waals surface area contributed by atoms with E-state index in [1.807, 2.05) is 6.07 Å². The summed E-state index contributed by atoms with van der Waals surface area (Å²) in [6.07, 6.45) is 4.02. The molecule has 0 radical (unpaired) electrons. The molecule has 2 unspecified atom stereocenters. The Balaban J connectivity index is 2.07.